The van der Waals surface area contributed by atoms with Crippen LogP contribution >= 0.6 is 11.3 Å². The Bertz CT molecular complexity index is 3240. The maximum atomic E-state index is 6.70. The maximum Gasteiger partial charge on any atom is 0.160 e. The molecule has 262 valence electrons. The second-order valence-corrected chi connectivity index (χ2v) is 15.1. The van der Waals surface area contributed by atoms with Crippen LogP contribution in [0.2, 0.25) is 0 Å². The number of thiophene rings is 1. The van der Waals surface area contributed by atoms with Gasteiger partial charge in [0.2, 0.25) is 0 Å². The van der Waals surface area contributed by atoms with Gasteiger partial charge in [-0.2, -0.15) is 0 Å². The third-order valence-electron chi connectivity index (χ3n) is 10.6. The SMILES string of the molecule is c1ccc(-c2cc(-c3ccc(-c4ccc(-c5ccc6sc7ccccc7c6c5)c5oc6ccccc6c45)cc3)nc(-c3cccc(-c4ccncc4)c3)n2)cc1. The van der Waals surface area contributed by atoms with E-state index in [1.165, 1.54) is 20.2 Å². The van der Waals surface area contributed by atoms with Gasteiger partial charge >= 0.3 is 0 Å². The molecule has 4 nitrogen and oxygen atoms in total. The lowest BCUT2D eigenvalue weighted by Gasteiger charge is -2.12. The van der Waals surface area contributed by atoms with Gasteiger partial charge in [-0.25, -0.2) is 9.97 Å². The fourth-order valence-corrected chi connectivity index (χ4v) is 8.96. The molecule has 0 fully saturated rings. The van der Waals surface area contributed by atoms with Gasteiger partial charge in [-0.15, -0.1) is 11.3 Å². The first-order valence-corrected chi connectivity index (χ1v) is 19.5. The summed E-state index contributed by atoms with van der Waals surface area (Å²) in [4.78, 5) is 14.4. The van der Waals surface area contributed by atoms with Crippen molar-refractivity contribution in [1.29, 1.82) is 0 Å². The number of pyridine rings is 1. The third kappa shape index (κ3) is 5.56. The van der Waals surface area contributed by atoms with Crippen LogP contribution in [0.4, 0.5) is 0 Å². The second kappa shape index (κ2) is 13.3. The molecule has 56 heavy (non-hydrogen) atoms. The van der Waals surface area contributed by atoms with Crippen LogP contribution < -0.4 is 0 Å². The van der Waals surface area contributed by atoms with Crippen molar-refractivity contribution in [2.75, 3.05) is 0 Å². The molecule has 7 aromatic carbocycles. The van der Waals surface area contributed by atoms with Gasteiger partial charge in [-0.1, -0.05) is 121 Å². The smallest absolute Gasteiger partial charge is 0.160 e. The van der Waals surface area contributed by atoms with Crippen LogP contribution in [0.1, 0.15) is 0 Å². The zero-order valence-electron chi connectivity index (χ0n) is 30.1. The van der Waals surface area contributed by atoms with Crippen LogP contribution in [0.15, 0.2) is 193 Å². The van der Waals surface area contributed by atoms with Crippen molar-refractivity contribution >= 4 is 53.4 Å². The number of benzene rings is 7. The summed E-state index contributed by atoms with van der Waals surface area (Å²) >= 11 is 1.84. The Hall–Kier alpha value is -7.21. The van der Waals surface area contributed by atoms with Crippen molar-refractivity contribution in [3.8, 4) is 67.3 Å². The number of aromatic nitrogens is 3. The Labute approximate surface area is 327 Å². The average Bonchev–Trinajstić information content (AvgIpc) is 3.85. The van der Waals surface area contributed by atoms with Crippen molar-refractivity contribution < 1.29 is 4.42 Å². The third-order valence-corrected chi connectivity index (χ3v) is 11.8. The Balaban J connectivity index is 1.02. The number of hydrogen-bond acceptors (Lipinski definition) is 5. The van der Waals surface area contributed by atoms with Crippen LogP contribution in [-0.2, 0) is 0 Å². The van der Waals surface area contributed by atoms with Crippen LogP contribution in [0, 0.1) is 0 Å². The highest BCUT2D eigenvalue weighted by Gasteiger charge is 2.19. The van der Waals surface area contributed by atoms with E-state index in [1.807, 2.05) is 60.1 Å². The van der Waals surface area contributed by atoms with Gasteiger partial charge in [0.15, 0.2) is 5.82 Å². The van der Waals surface area contributed by atoms with E-state index >= 15 is 0 Å². The molecular formula is C51H31N3OS. The van der Waals surface area contributed by atoms with Crippen LogP contribution in [0.3, 0.4) is 0 Å². The zero-order valence-corrected chi connectivity index (χ0v) is 30.9. The molecule has 0 radical (unpaired) electrons. The van der Waals surface area contributed by atoms with E-state index in [1.54, 1.807) is 0 Å². The second-order valence-electron chi connectivity index (χ2n) is 14.0. The topological polar surface area (TPSA) is 51.8 Å². The number of para-hydroxylation sites is 1. The zero-order chi connectivity index (χ0) is 37.0. The molecule has 0 bridgehead atoms. The van der Waals surface area contributed by atoms with Crippen molar-refractivity contribution in [3.63, 3.8) is 0 Å². The average molecular weight is 734 g/mol. The van der Waals surface area contributed by atoms with E-state index in [9.17, 15) is 0 Å². The fourth-order valence-electron chi connectivity index (χ4n) is 7.87. The Morgan fingerprint density at radius 2 is 1.04 bits per heavy atom. The summed E-state index contributed by atoms with van der Waals surface area (Å²) in [7, 11) is 0. The van der Waals surface area contributed by atoms with Gasteiger partial charge < -0.3 is 4.42 Å². The predicted molar refractivity (Wildman–Crippen MR) is 233 cm³/mol. The molecule has 11 aromatic rings. The molecular weight excluding hydrogens is 703 g/mol. The number of hydrogen-bond donors (Lipinski definition) is 0. The van der Waals surface area contributed by atoms with Crippen LogP contribution in [0.5, 0.6) is 0 Å². The quantitative estimate of drug-likeness (QED) is 0.171. The van der Waals surface area contributed by atoms with E-state index in [0.29, 0.717) is 5.82 Å². The predicted octanol–water partition coefficient (Wildman–Crippen LogP) is 14.1. The highest BCUT2D eigenvalue weighted by Crippen LogP contribution is 2.44. The first kappa shape index (κ1) is 32.2. The van der Waals surface area contributed by atoms with Crippen molar-refractivity contribution in [2.45, 2.75) is 0 Å². The van der Waals surface area contributed by atoms with Crippen molar-refractivity contribution in [1.82, 2.24) is 15.0 Å². The molecule has 0 spiro atoms. The van der Waals surface area contributed by atoms with Crippen molar-refractivity contribution in [3.05, 3.63) is 188 Å². The van der Waals surface area contributed by atoms with E-state index in [-0.39, 0.29) is 0 Å². The summed E-state index contributed by atoms with van der Waals surface area (Å²) in [6, 6.07) is 61.8. The first-order chi connectivity index (χ1) is 27.7. The van der Waals surface area contributed by atoms with Gasteiger partial charge in [0, 0.05) is 65.6 Å². The molecule has 0 aliphatic rings. The molecule has 4 aromatic heterocycles. The molecule has 0 saturated heterocycles. The number of fused-ring (bicyclic) bond motifs is 6. The fraction of sp³-hybridized carbons (Fsp3) is 0. The summed E-state index contributed by atoms with van der Waals surface area (Å²) in [5.74, 6) is 0.678. The molecule has 0 aliphatic heterocycles. The molecule has 0 unspecified atom stereocenters. The van der Waals surface area contributed by atoms with Gasteiger partial charge in [-0.05, 0) is 82.4 Å². The number of nitrogens with zero attached hydrogens (tertiary/aromatic N) is 3. The molecule has 11 rings (SSSR count). The molecule has 4 heterocycles. The van der Waals surface area contributed by atoms with E-state index in [0.717, 1.165) is 83.4 Å². The molecule has 0 atom stereocenters. The summed E-state index contributed by atoms with van der Waals surface area (Å²) in [5, 5.41) is 4.78. The molecule has 0 N–H and O–H groups in total. The standard InChI is InChI=1S/C51H31N3OS/c1-2-9-34(10-3-1)44-31-45(54-51(53-44)38-12-8-11-36(29-38)32-25-27-52-28-26-32)35-19-17-33(18-20-35)39-22-23-40(50-49(39)42-14-4-6-15-46(42)55-50)37-21-24-48-43(30-37)41-13-5-7-16-47(41)56-48/h1-31H. The largest absolute Gasteiger partial charge is 0.455 e. The first-order valence-electron chi connectivity index (χ1n) is 18.7. The van der Waals surface area contributed by atoms with Gasteiger partial charge in [0.25, 0.3) is 0 Å². The van der Waals surface area contributed by atoms with E-state index in [2.05, 4.69) is 145 Å². The Morgan fingerprint density at radius 1 is 0.393 bits per heavy atom. The molecule has 0 amide bonds. The lowest BCUT2D eigenvalue weighted by molar-refractivity contribution is 0.670. The normalized spacial score (nSPS) is 11.6. The minimum atomic E-state index is 0.678. The molecule has 0 saturated carbocycles. The lowest BCUT2D eigenvalue weighted by atomic mass is 9.93. The maximum absolute atomic E-state index is 6.70. The van der Waals surface area contributed by atoms with Crippen LogP contribution in [-0.4, -0.2) is 15.0 Å². The molecule has 0 aliphatic carbocycles. The number of furan rings is 1. The van der Waals surface area contributed by atoms with Gasteiger partial charge in [0.05, 0.1) is 11.4 Å². The summed E-state index contributed by atoms with van der Waals surface area (Å²) in [6.07, 6.45) is 3.63. The van der Waals surface area contributed by atoms with Crippen molar-refractivity contribution in [2.24, 2.45) is 0 Å². The lowest BCUT2D eigenvalue weighted by Crippen LogP contribution is -1.96. The highest BCUT2D eigenvalue weighted by atomic mass is 32.1. The van der Waals surface area contributed by atoms with Gasteiger partial charge in [0.1, 0.15) is 11.2 Å². The minimum Gasteiger partial charge on any atom is -0.455 e. The monoisotopic (exact) mass is 733 g/mol. The number of rotatable bonds is 6. The van der Waals surface area contributed by atoms with E-state index in [4.69, 9.17) is 14.4 Å². The van der Waals surface area contributed by atoms with Crippen LogP contribution in [0.25, 0.3) is 109 Å². The molecule has 5 heteroatoms. The highest BCUT2D eigenvalue weighted by molar-refractivity contribution is 7.25. The van der Waals surface area contributed by atoms with Gasteiger partial charge in [-0.3, -0.25) is 4.98 Å². The minimum absolute atomic E-state index is 0.678. The Kier molecular flexibility index (Phi) is 7.64. The summed E-state index contributed by atoms with van der Waals surface area (Å²) in [5.41, 5.74) is 13.2. The summed E-state index contributed by atoms with van der Waals surface area (Å²) < 4.78 is 9.30. The van der Waals surface area contributed by atoms with E-state index < -0.39 is 0 Å². The summed E-state index contributed by atoms with van der Waals surface area (Å²) in [6.45, 7) is 0. The Morgan fingerprint density at radius 3 is 1.88 bits per heavy atom.